The van der Waals surface area contributed by atoms with Gasteiger partial charge in [0, 0.05) is 33.1 Å². The second-order valence-electron chi connectivity index (χ2n) is 11.6. The molecule has 4 nitrogen and oxygen atoms in total. The zero-order valence-corrected chi connectivity index (χ0v) is 24.2. The maximum absolute atomic E-state index is 6.49. The van der Waals surface area contributed by atoms with Gasteiger partial charge in [-0.1, -0.05) is 91.0 Å². The first kappa shape index (κ1) is 24.3. The van der Waals surface area contributed by atoms with Gasteiger partial charge in [0.25, 0.3) is 0 Å². The molecule has 4 heteroatoms. The molecule has 0 spiro atoms. The summed E-state index contributed by atoms with van der Waals surface area (Å²) >= 11 is 0. The summed E-state index contributed by atoms with van der Waals surface area (Å²) < 4.78 is 11.1. The summed E-state index contributed by atoms with van der Waals surface area (Å²) in [6, 6.07) is 53.5. The number of para-hydroxylation sites is 4. The Morgan fingerprint density at radius 2 is 1.11 bits per heavy atom. The van der Waals surface area contributed by atoms with Gasteiger partial charge in [0.1, 0.15) is 17.0 Å². The molecule has 10 rings (SSSR count). The smallest absolute Gasteiger partial charge is 0.146 e. The first-order valence-corrected chi connectivity index (χ1v) is 15.2. The van der Waals surface area contributed by atoms with Crippen molar-refractivity contribution in [1.29, 1.82) is 0 Å². The van der Waals surface area contributed by atoms with Crippen LogP contribution in [0.15, 0.2) is 156 Å². The molecule has 0 radical (unpaired) electrons. The van der Waals surface area contributed by atoms with E-state index in [9.17, 15) is 0 Å². The number of benzene rings is 7. The highest BCUT2D eigenvalue weighted by Crippen LogP contribution is 2.41. The highest BCUT2D eigenvalue weighted by Gasteiger charge is 2.20. The van der Waals surface area contributed by atoms with Gasteiger partial charge in [-0.3, -0.25) is 4.57 Å². The molecule has 0 saturated heterocycles. The molecule has 0 amide bonds. The van der Waals surface area contributed by atoms with E-state index in [0.29, 0.717) is 0 Å². The van der Waals surface area contributed by atoms with Crippen LogP contribution in [0.5, 0.6) is 0 Å². The zero-order valence-electron chi connectivity index (χ0n) is 24.2. The second-order valence-corrected chi connectivity index (χ2v) is 11.6. The molecule has 0 aliphatic rings. The van der Waals surface area contributed by atoms with Crippen LogP contribution in [0.3, 0.4) is 0 Å². The van der Waals surface area contributed by atoms with E-state index < -0.39 is 0 Å². The molecule has 45 heavy (non-hydrogen) atoms. The fraction of sp³-hybridized carbons (Fsp3) is 0. The zero-order chi connectivity index (χ0) is 29.5. The third-order valence-corrected chi connectivity index (χ3v) is 9.14. The summed E-state index contributed by atoms with van der Waals surface area (Å²) in [5.74, 6) is 0.935. The maximum atomic E-state index is 6.49. The Labute approximate surface area is 258 Å². The Kier molecular flexibility index (Phi) is 4.96. The summed E-state index contributed by atoms with van der Waals surface area (Å²) in [6.45, 7) is 0. The van der Waals surface area contributed by atoms with Crippen LogP contribution in [-0.2, 0) is 0 Å². The maximum Gasteiger partial charge on any atom is 0.146 e. The van der Waals surface area contributed by atoms with Crippen molar-refractivity contribution in [2.24, 2.45) is 0 Å². The van der Waals surface area contributed by atoms with Gasteiger partial charge < -0.3 is 8.98 Å². The number of hydrogen-bond acceptors (Lipinski definition) is 2. The predicted molar refractivity (Wildman–Crippen MR) is 186 cm³/mol. The lowest BCUT2D eigenvalue weighted by molar-refractivity contribution is 0.673. The van der Waals surface area contributed by atoms with Crippen molar-refractivity contribution in [3.8, 4) is 22.8 Å². The Hall–Kier alpha value is -6.13. The Morgan fingerprint density at radius 1 is 0.444 bits per heavy atom. The van der Waals surface area contributed by atoms with Crippen molar-refractivity contribution in [1.82, 2.24) is 14.1 Å². The number of nitrogens with zero attached hydrogens (tertiary/aromatic N) is 3. The lowest BCUT2D eigenvalue weighted by Gasteiger charge is -2.13. The molecule has 0 N–H and O–H groups in total. The monoisotopic (exact) mass is 575 g/mol. The van der Waals surface area contributed by atoms with E-state index in [0.717, 1.165) is 72.2 Å². The number of furan rings is 1. The quantitative estimate of drug-likeness (QED) is 0.210. The van der Waals surface area contributed by atoms with E-state index >= 15 is 0 Å². The molecule has 0 aliphatic heterocycles. The second kappa shape index (κ2) is 9.18. The van der Waals surface area contributed by atoms with Crippen molar-refractivity contribution in [2.75, 3.05) is 0 Å². The minimum absolute atomic E-state index is 0.913. The van der Waals surface area contributed by atoms with Crippen LogP contribution in [0.2, 0.25) is 0 Å². The third kappa shape index (κ3) is 3.45. The van der Waals surface area contributed by atoms with Crippen LogP contribution in [0, 0.1) is 0 Å². The Balaban J connectivity index is 1.19. The molecule has 0 unspecified atom stereocenters. The summed E-state index contributed by atoms with van der Waals surface area (Å²) in [6.07, 6.45) is 0. The Bertz CT molecular complexity index is 2750. The highest BCUT2D eigenvalue weighted by molar-refractivity contribution is 6.23. The molecule has 3 heterocycles. The van der Waals surface area contributed by atoms with Crippen molar-refractivity contribution in [2.45, 2.75) is 0 Å². The van der Waals surface area contributed by atoms with E-state index in [1.165, 1.54) is 16.2 Å². The molecule has 10 aromatic rings. The first-order valence-electron chi connectivity index (χ1n) is 15.2. The Morgan fingerprint density at radius 3 is 1.98 bits per heavy atom. The molecule has 210 valence electrons. The highest BCUT2D eigenvalue weighted by atomic mass is 16.3. The van der Waals surface area contributed by atoms with E-state index in [1.807, 2.05) is 12.1 Å². The first-order chi connectivity index (χ1) is 22.3. The number of rotatable bonds is 3. The van der Waals surface area contributed by atoms with Crippen molar-refractivity contribution in [3.05, 3.63) is 152 Å². The van der Waals surface area contributed by atoms with Crippen LogP contribution >= 0.6 is 0 Å². The van der Waals surface area contributed by atoms with Crippen LogP contribution in [0.1, 0.15) is 0 Å². The largest absolute Gasteiger partial charge is 0.455 e. The van der Waals surface area contributed by atoms with Crippen molar-refractivity contribution >= 4 is 65.6 Å². The van der Waals surface area contributed by atoms with Crippen LogP contribution in [-0.4, -0.2) is 14.1 Å². The van der Waals surface area contributed by atoms with Crippen LogP contribution < -0.4 is 0 Å². The lowest BCUT2D eigenvalue weighted by atomic mass is 10.0. The van der Waals surface area contributed by atoms with Gasteiger partial charge in [-0.2, -0.15) is 0 Å². The fourth-order valence-electron chi connectivity index (χ4n) is 7.15. The molecule has 7 aromatic carbocycles. The average Bonchev–Trinajstić information content (AvgIpc) is 3.78. The van der Waals surface area contributed by atoms with Gasteiger partial charge in [-0.05, 0) is 71.4 Å². The molecule has 0 aliphatic carbocycles. The SMILES string of the molecule is c1ccc2c(-c3nc4ccccc4n3-c3ccc(-n4c5ccccc5c5c6oc7ccccc7c6ccc54)cc3)cccc2c1. The number of fused-ring (bicyclic) bond motifs is 9. The van der Waals surface area contributed by atoms with Gasteiger partial charge in [0.2, 0.25) is 0 Å². The number of hydrogen-bond donors (Lipinski definition) is 0. The van der Waals surface area contributed by atoms with Gasteiger partial charge in [-0.15, -0.1) is 0 Å². The topological polar surface area (TPSA) is 35.9 Å². The van der Waals surface area contributed by atoms with Crippen molar-refractivity contribution < 1.29 is 4.42 Å². The predicted octanol–water partition coefficient (Wildman–Crippen LogP) is 10.8. The lowest BCUT2D eigenvalue weighted by Crippen LogP contribution is -1.99. The van der Waals surface area contributed by atoms with E-state index in [2.05, 4.69) is 149 Å². The summed E-state index contributed by atoms with van der Waals surface area (Å²) in [4.78, 5) is 5.16. The molecule has 0 bridgehead atoms. The molecular weight excluding hydrogens is 550 g/mol. The third-order valence-electron chi connectivity index (χ3n) is 9.14. The molecule has 0 saturated carbocycles. The molecule has 0 atom stereocenters. The summed E-state index contributed by atoms with van der Waals surface area (Å²) in [7, 11) is 0. The minimum atomic E-state index is 0.913. The molecule has 0 fully saturated rings. The van der Waals surface area contributed by atoms with Gasteiger partial charge in [0.15, 0.2) is 0 Å². The summed E-state index contributed by atoms with van der Waals surface area (Å²) in [5.41, 5.74) is 9.45. The van der Waals surface area contributed by atoms with Crippen molar-refractivity contribution in [3.63, 3.8) is 0 Å². The van der Waals surface area contributed by atoms with Gasteiger partial charge in [-0.25, -0.2) is 4.98 Å². The number of imidazole rings is 1. The molecular formula is C41H25N3O. The van der Waals surface area contributed by atoms with Crippen LogP contribution in [0.25, 0.3) is 88.3 Å². The normalized spacial score (nSPS) is 12.0. The standard InChI is InChI=1S/C41H25N3O/c1-2-12-29-26(10-1)11-9-15-32(29)41-42-34-16-5-7-18-36(34)44(41)28-22-20-27(21-23-28)43-35-17-6-3-14-33(35)39-37(43)25-24-31-30-13-4-8-19-38(30)45-40(31)39/h1-25H. The summed E-state index contributed by atoms with van der Waals surface area (Å²) in [5, 5.41) is 7.00. The van der Waals surface area contributed by atoms with E-state index in [-0.39, 0.29) is 0 Å². The van der Waals surface area contributed by atoms with Gasteiger partial charge >= 0.3 is 0 Å². The van der Waals surface area contributed by atoms with E-state index in [1.54, 1.807) is 0 Å². The van der Waals surface area contributed by atoms with E-state index in [4.69, 9.17) is 9.40 Å². The van der Waals surface area contributed by atoms with Crippen LogP contribution in [0.4, 0.5) is 0 Å². The van der Waals surface area contributed by atoms with Gasteiger partial charge in [0.05, 0.1) is 27.5 Å². The average molecular weight is 576 g/mol. The number of aromatic nitrogens is 3. The minimum Gasteiger partial charge on any atom is -0.455 e. The molecule has 3 aromatic heterocycles. The fourth-order valence-corrected chi connectivity index (χ4v) is 7.15.